The number of aliphatic carboxylic acids is 1. The Kier molecular flexibility index (Phi) is 2.97. The Balaban J connectivity index is 2.36. The molecule has 94 valence electrons. The van der Waals surface area contributed by atoms with E-state index in [1.807, 2.05) is 0 Å². The van der Waals surface area contributed by atoms with E-state index < -0.39 is 23.7 Å². The van der Waals surface area contributed by atoms with E-state index in [-0.39, 0.29) is 12.1 Å². The van der Waals surface area contributed by atoms with E-state index in [2.05, 4.69) is 5.10 Å². The molecule has 0 saturated heterocycles. The quantitative estimate of drug-likeness (QED) is 0.809. The number of hydrogen-bond acceptors (Lipinski definition) is 4. The minimum Gasteiger partial charge on any atom is -0.477 e. The van der Waals surface area contributed by atoms with Crippen molar-refractivity contribution in [1.29, 1.82) is 0 Å². The number of primary amides is 1. The van der Waals surface area contributed by atoms with Gasteiger partial charge in [0, 0.05) is 6.42 Å². The number of nitrogens with two attached hydrogens (primary N) is 1. The van der Waals surface area contributed by atoms with Crippen LogP contribution in [0.2, 0.25) is 0 Å². The molecule has 0 aliphatic carbocycles. The minimum atomic E-state index is -1.20. The Morgan fingerprint density at radius 2 is 2.00 bits per heavy atom. The maximum atomic E-state index is 12.8. The van der Waals surface area contributed by atoms with Gasteiger partial charge in [-0.1, -0.05) is 0 Å². The van der Waals surface area contributed by atoms with E-state index in [0.29, 0.717) is 5.69 Å². The molecule has 0 aromatic heterocycles. The van der Waals surface area contributed by atoms with Crippen molar-refractivity contribution in [3.8, 4) is 0 Å². The first-order chi connectivity index (χ1) is 8.49. The Morgan fingerprint density at radius 3 is 2.50 bits per heavy atom. The highest BCUT2D eigenvalue weighted by Gasteiger charge is 2.34. The van der Waals surface area contributed by atoms with Crippen molar-refractivity contribution in [1.82, 2.24) is 0 Å². The average Bonchev–Trinajstić information content (AvgIpc) is 2.75. The van der Waals surface area contributed by atoms with Gasteiger partial charge in [-0.05, 0) is 24.3 Å². The van der Waals surface area contributed by atoms with Crippen LogP contribution in [0, 0.1) is 5.82 Å². The number of nitrogens with zero attached hydrogens (tertiary/aromatic N) is 2. The lowest BCUT2D eigenvalue weighted by molar-refractivity contribution is -0.129. The average molecular weight is 251 g/mol. The van der Waals surface area contributed by atoms with E-state index in [4.69, 9.17) is 10.8 Å². The molecule has 18 heavy (non-hydrogen) atoms. The summed E-state index contributed by atoms with van der Waals surface area (Å²) in [5.41, 5.74) is 5.46. The number of benzene rings is 1. The molecule has 1 aromatic rings. The first-order valence-electron chi connectivity index (χ1n) is 5.14. The number of carbonyl (C=O) groups is 2. The van der Waals surface area contributed by atoms with Crippen LogP contribution in [-0.4, -0.2) is 28.7 Å². The van der Waals surface area contributed by atoms with E-state index in [1.165, 1.54) is 29.3 Å². The number of carboxylic acids is 1. The fourth-order valence-corrected chi connectivity index (χ4v) is 1.69. The van der Waals surface area contributed by atoms with Gasteiger partial charge >= 0.3 is 5.97 Å². The number of hydrazone groups is 1. The maximum Gasteiger partial charge on any atom is 0.352 e. The second kappa shape index (κ2) is 4.44. The third kappa shape index (κ3) is 2.15. The zero-order chi connectivity index (χ0) is 13.3. The molecule has 7 heteroatoms. The van der Waals surface area contributed by atoms with Gasteiger partial charge in [-0.25, -0.2) is 9.18 Å². The number of amides is 1. The highest BCUT2D eigenvalue weighted by Crippen LogP contribution is 2.24. The van der Waals surface area contributed by atoms with Crippen molar-refractivity contribution in [3.05, 3.63) is 30.1 Å². The van der Waals surface area contributed by atoms with Gasteiger partial charge in [0.05, 0.1) is 5.69 Å². The summed E-state index contributed by atoms with van der Waals surface area (Å²) in [4.78, 5) is 22.1. The summed E-state index contributed by atoms with van der Waals surface area (Å²) in [7, 11) is 0. The van der Waals surface area contributed by atoms with E-state index in [1.54, 1.807) is 0 Å². The Hall–Kier alpha value is -2.44. The molecule has 0 unspecified atom stereocenters. The predicted octanol–water partition coefficient (Wildman–Crippen LogP) is 0.330. The molecule has 1 aliphatic heterocycles. The molecular formula is C11H10FN3O3. The SMILES string of the molecule is NC(=O)[C@H]1CC(C(=O)O)=NN1c1ccc(F)cc1. The molecule has 0 bridgehead atoms. The third-order valence-electron chi connectivity index (χ3n) is 2.58. The number of carboxylic acid groups (broad SMARTS) is 1. The Bertz CT molecular complexity index is 527. The topological polar surface area (TPSA) is 96.0 Å². The monoisotopic (exact) mass is 251 g/mol. The lowest BCUT2D eigenvalue weighted by Gasteiger charge is -2.20. The molecular weight excluding hydrogens is 241 g/mol. The van der Waals surface area contributed by atoms with E-state index in [0.717, 1.165) is 0 Å². The molecule has 3 N–H and O–H groups in total. The smallest absolute Gasteiger partial charge is 0.352 e. The largest absolute Gasteiger partial charge is 0.477 e. The van der Waals surface area contributed by atoms with Crippen LogP contribution in [0.4, 0.5) is 10.1 Å². The van der Waals surface area contributed by atoms with Crippen LogP contribution in [0.25, 0.3) is 0 Å². The number of anilines is 1. The molecule has 1 aliphatic rings. The Morgan fingerprint density at radius 1 is 1.39 bits per heavy atom. The molecule has 2 rings (SSSR count). The van der Waals surface area contributed by atoms with Gasteiger partial charge in [-0.2, -0.15) is 5.10 Å². The molecule has 6 nitrogen and oxygen atoms in total. The van der Waals surface area contributed by atoms with Crippen molar-refractivity contribution >= 4 is 23.3 Å². The van der Waals surface area contributed by atoms with E-state index in [9.17, 15) is 14.0 Å². The normalized spacial score (nSPS) is 18.6. The number of hydrogen-bond donors (Lipinski definition) is 2. The van der Waals surface area contributed by atoms with Crippen molar-refractivity contribution in [2.45, 2.75) is 12.5 Å². The minimum absolute atomic E-state index is 0.0674. The first-order valence-corrected chi connectivity index (χ1v) is 5.14. The third-order valence-corrected chi connectivity index (χ3v) is 2.58. The van der Waals surface area contributed by atoms with Crippen LogP contribution in [0.3, 0.4) is 0 Å². The summed E-state index contributed by atoms with van der Waals surface area (Å²) in [6.45, 7) is 0. The molecule has 0 spiro atoms. The van der Waals surface area contributed by atoms with Crippen molar-refractivity contribution in [2.24, 2.45) is 10.8 Å². The molecule has 0 saturated carbocycles. The highest BCUT2D eigenvalue weighted by molar-refractivity contribution is 6.37. The lowest BCUT2D eigenvalue weighted by atomic mass is 10.1. The molecule has 0 fully saturated rings. The zero-order valence-corrected chi connectivity index (χ0v) is 9.21. The van der Waals surface area contributed by atoms with Gasteiger partial charge in [0.1, 0.15) is 17.6 Å². The maximum absolute atomic E-state index is 12.8. The van der Waals surface area contributed by atoms with Crippen LogP contribution in [0.1, 0.15) is 6.42 Å². The predicted molar refractivity (Wildman–Crippen MR) is 61.5 cm³/mol. The van der Waals surface area contributed by atoms with Crippen LogP contribution < -0.4 is 10.7 Å². The summed E-state index contributed by atoms with van der Waals surface area (Å²) in [6.07, 6.45) is -0.0674. The number of carbonyl (C=O) groups excluding carboxylic acids is 1. The van der Waals surface area contributed by atoms with E-state index >= 15 is 0 Å². The van der Waals surface area contributed by atoms with Crippen LogP contribution >= 0.6 is 0 Å². The molecule has 1 atom stereocenters. The zero-order valence-electron chi connectivity index (χ0n) is 9.21. The van der Waals surface area contributed by atoms with Gasteiger partial charge in [0.2, 0.25) is 5.91 Å². The summed E-state index contributed by atoms with van der Waals surface area (Å²) in [5, 5.41) is 13.9. The fraction of sp³-hybridized carbons (Fsp3) is 0.182. The van der Waals surface area contributed by atoms with Crippen molar-refractivity contribution < 1.29 is 19.1 Å². The van der Waals surface area contributed by atoms with Gasteiger partial charge in [-0.15, -0.1) is 0 Å². The first kappa shape index (κ1) is 12.0. The van der Waals surface area contributed by atoms with Crippen LogP contribution in [-0.2, 0) is 9.59 Å². The summed E-state index contributed by atoms with van der Waals surface area (Å²) in [6, 6.07) is 4.34. The summed E-state index contributed by atoms with van der Waals surface area (Å²) < 4.78 is 12.8. The second-order valence-electron chi connectivity index (χ2n) is 3.80. The summed E-state index contributed by atoms with van der Waals surface area (Å²) in [5.74, 6) is -2.32. The van der Waals surface area contributed by atoms with Gasteiger partial charge in [0.25, 0.3) is 0 Å². The molecule has 1 heterocycles. The number of rotatable bonds is 3. The van der Waals surface area contributed by atoms with Crippen LogP contribution in [0.15, 0.2) is 29.4 Å². The number of halogens is 1. The summed E-state index contributed by atoms with van der Waals surface area (Å²) >= 11 is 0. The molecule has 1 aromatic carbocycles. The van der Waals surface area contributed by atoms with Gasteiger partial charge in [0.15, 0.2) is 0 Å². The Labute approximate surface area is 101 Å². The van der Waals surface area contributed by atoms with Crippen molar-refractivity contribution in [2.75, 3.05) is 5.01 Å². The standard InChI is InChI=1S/C11H10FN3O3/c12-6-1-3-7(4-2-6)15-9(10(13)16)5-8(14-15)11(17)18/h1-4,9H,5H2,(H2,13,16)(H,17,18)/t9-/m1/s1. The molecule has 1 amide bonds. The van der Waals surface area contributed by atoms with Crippen LogP contribution in [0.5, 0.6) is 0 Å². The molecule has 0 radical (unpaired) electrons. The van der Waals surface area contributed by atoms with Gasteiger partial charge in [-0.3, -0.25) is 9.80 Å². The highest BCUT2D eigenvalue weighted by atomic mass is 19.1. The fourth-order valence-electron chi connectivity index (χ4n) is 1.69. The lowest BCUT2D eigenvalue weighted by Crippen LogP contribution is -2.39. The van der Waals surface area contributed by atoms with Crippen molar-refractivity contribution in [3.63, 3.8) is 0 Å². The van der Waals surface area contributed by atoms with Gasteiger partial charge < -0.3 is 10.8 Å². The second-order valence-corrected chi connectivity index (χ2v) is 3.80.